The molecule has 2 aromatic carbocycles. The van der Waals surface area contributed by atoms with Gasteiger partial charge >= 0.3 is 0 Å². The van der Waals surface area contributed by atoms with E-state index in [1.54, 1.807) is 23.7 Å². The molecule has 130 valence electrons. The molecule has 0 fully saturated rings. The van der Waals surface area contributed by atoms with Crippen molar-refractivity contribution in [3.8, 4) is 0 Å². The van der Waals surface area contributed by atoms with Gasteiger partial charge in [-0.2, -0.15) is 0 Å². The summed E-state index contributed by atoms with van der Waals surface area (Å²) in [5, 5.41) is 4.86. The normalized spacial score (nSPS) is 12.1. The van der Waals surface area contributed by atoms with Gasteiger partial charge in [0, 0.05) is 15.5 Å². The number of nitrogens with zero attached hydrogens (tertiary/aromatic N) is 2. The van der Waals surface area contributed by atoms with Crippen molar-refractivity contribution in [3.05, 3.63) is 67.2 Å². The molecule has 0 spiro atoms. The summed E-state index contributed by atoms with van der Waals surface area (Å²) < 4.78 is 1.31. The Morgan fingerprint density at radius 2 is 1.92 bits per heavy atom. The van der Waals surface area contributed by atoms with Crippen molar-refractivity contribution in [3.63, 3.8) is 0 Å². The average molecular weight is 359 g/mol. The lowest BCUT2D eigenvalue weighted by molar-refractivity contribution is 0.413. The van der Waals surface area contributed by atoms with Crippen LogP contribution in [0.15, 0.2) is 55.9 Å². The molecule has 26 heavy (non-hydrogen) atoms. The summed E-state index contributed by atoms with van der Waals surface area (Å²) in [4.78, 5) is 10.1. The maximum Gasteiger partial charge on any atom is 0.128 e. The quantitative estimate of drug-likeness (QED) is 0.377. The molecule has 0 aliphatic rings. The maximum absolute atomic E-state index is 4.57. The zero-order chi connectivity index (χ0) is 18.5. The van der Waals surface area contributed by atoms with Crippen LogP contribution in [-0.2, 0) is 6.42 Å². The minimum Gasteiger partial charge on any atom is -0.236 e. The maximum atomic E-state index is 4.57. The van der Waals surface area contributed by atoms with E-state index in [0.29, 0.717) is 0 Å². The minimum atomic E-state index is 0.213. The van der Waals surface area contributed by atoms with Crippen molar-refractivity contribution in [2.24, 2.45) is 5.41 Å². The highest BCUT2D eigenvalue weighted by Gasteiger charge is 2.20. The summed E-state index contributed by atoms with van der Waals surface area (Å²) >= 11 is 1.76. The SMILES string of the molecule is C=CC(=C)c1ncnc2sc3c(CC(C)(C)C)cc4ccccc4c3c12. The van der Waals surface area contributed by atoms with Crippen LogP contribution in [0, 0.1) is 5.41 Å². The number of thiophene rings is 1. The van der Waals surface area contributed by atoms with Crippen molar-refractivity contribution in [2.75, 3.05) is 0 Å². The third kappa shape index (κ3) is 2.73. The van der Waals surface area contributed by atoms with Crippen LogP contribution < -0.4 is 0 Å². The lowest BCUT2D eigenvalue weighted by Gasteiger charge is -2.19. The molecule has 0 aliphatic heterocycles. The summed E-state index contributed by atoms with van der Waals surface area (Å²) in [7, 11) is 0. The summed E-state index contributed by atoms with van der Waals surface area (Å²) in [6.07, 6.45) is 4.42. The number of rotatable bonds is 3. The van der Waals surface area contributed by atoms with E-state index in [-0.39, 0.29) is 5.41 Å². The van der Waals surface area contributed by atoms with Gasteiger partial charge < -0.3 is 0 Å². The molecular formula is C23H22N2S. The predicted molar refractivity (Wildman–Crippen MR) is 115 cm³/mol. The van der Waals surface area contributed by atoms with Crippen molar-refractivity contribution in [1.82, 2.24) is 9.97 Å². The molecule has 3 heteroatoms. The van der Waals surface area contributed by atoms with Gasteiger partial charge in [0.05, 0.1) is 5.69 Å². The summed E-state index contributed by atoms with van der Waals surface area (Å²) in [6.45, 7) is 14.9. The summed E-state index contributed by atoms with van der Waals surface area (Å²) in [5.41, 5.74) is 3.31. The van der Waals surface area contributed by atoms with Crippen LogP contribution >= 0.6 is 11.3 Å². The van der Waals surface area contributed by atoms with Gasteiger partial charge in [0.2, 0.25) is 0 Å². The molecular weight excluding hydrogens is 336 g/mol. The first-order chi connectivity index (χ1) is 12.4. The molecule has 0 N–H and O–H groups in total. The fourth-order valence-electron chi connectivity index (χ4n) is 3.56. The smallest absolute Gasteiger partial charge is 0.128 e. The van der Waals surface area contributed by atoms with Crippen LogP contribution in [0.25, 0.3) is 36.6 Å². The van der Waals surface area contributed by atoms with Crippen molar-refractivity contribution in [2.45, 2.75) is 27.2 Å². The van der Waals surface area contributed by atoms with E-state index in [9.17, 15) is 0 Å². The van der Waals surface area contributed by atoms with Crippen LogP contribution in [-0.4, -0.2) is 9.97 Å². The van der Waals surface area contributed by atoms with Crippen LogP contribution in [0.2, 0.25) is 0 Å². The van der Waals surface area contributed by atoms with Crippen LogP contribution in [0.5, 0.6) is 0 Å². The fraction of sp³-hybridized carbons (Fsp3) is 0.217. The molecule has 4 aromatic rings. The second-order valence-corrected chi connectivity index (χ2v) is 8.93. The van der Waals surface area contributed by atoms with Crippen molar-refractivity contribution >= 4 is 48.0 Å². The van der Waals surface area contributed by atoms with E-state index >= 15 is 0 Å². The summed E-state index contributed by atoms with van der Waals surface area (Å²) in [5.74, 6) is 0. The number of allylic oxidation sites excluding steroid dienone is 2. The Labute approximate surface area is 157 Å². The summed E-state index contributed by atoms with van der Waals surface area (Å²) in [6, 6.07) is 10.9. The number of fused-ring (bicyclic) bond motifs is 5. The molecule has 2 nitrogen and oxygen atoms in total. The van der Waals surface area contributed by atoms with E-state index in [2.05, 4.69) is 74.2 Å². The molecule has 0 saturated heterocycles. The topological polar surface area (TPSA) is 25.8 Å². The molecule has 0 atom stereocenters. The van der Waals surface area contributed by atoms with E-state index in [1.165, 1.54) is 26.4 Å². The monoisotopic (exact) mass is 358 g/mol. The van der Waals surface area contributed by atoms with Gasteiger partial charge in [-0.15, -0.1) is 11.3 Å². The highest BCUT2D eigenvalue weighted by atomic mass is 32.1. The minimum absolute atomic E-state index is 0.213. The second-order valence-electron chi connectivity index (χ2n) is 7.93. The first kappa shape index (κ1) is 16.9. The Balaban J connectivity index is 2.22. The lowest BCUT2D eigenvalue weighted by Crippen LogP contribution is -2.09. The molecule has 2 heterocycles. The average Bonchev–Trinajstić information content (AvgIpc) is 3.00. The Bertz CT molecular complexity index is 1180. The zero-order valence-corrected chi connectivity index (χ0v) is 16.3. The van der Waals surface area contributed by atoms with Gasteiger partial charge in [-0.1, -0.05) is 64.3 Å². The van der Waals surface area contributed by atoms with Gasteiger partial charge in [0.25, 0.3) is 0 Å². The van der Waals surface area contributed by atoms with Gasteiger partial charge in [0.1, 0.15) is 11.2 Å². The predicted octanol–water partition coefficient (Wildman–Crippen LogP) is 6.79. The van der Waals surface area contributed by atoms with Crippen molar-refractivity contribution < 1.29 is 0 Å². The second kappa shape index (κ2) is 6.03. The van der Waals surface area contributed by atoms with E-state index in [0.717, 1.165) is 27.9 Å². The Kier molecular flexibility index (Phi) is 3.92. The largest absolute Gasteiger partial charge is 0.236 e. The van der Waals surface area contributed by atoms with Gasteiger partial charge in [-0.05, 0) is 39.8 Å². The zero-order valence-electron chi connectivity index (χ0n) is 15.5. The van der Waals surface area contributed by atoms with Crippen LogP contribution in [0.4, 0.5) is 0 Å². The van der Waals surface area contributed by atoms with Gasteiger partial charge in [-0.3, -0.25) is 0 Å². The van der Waals surface area contributed by atoms with E-state index < -0.39 is 0 Å². The first-order valence-electron chi connectivity index (χ1n) is 8.78. The van der Waals surface area contributed by atoms with Gasteiger partial charge in [-0.25, -0.2) is 9.97 Å². The number of aromatic nitrogens is 2. The Morgan fingerprint density at radius 3 is 2.65 bits per heavy atom. The van der Waals surface area contributed by atoms with Gasteiger partial charge in [0.15, 0.2) is 0 Å². The van der Waals surface area contributed by atoms with Crippen molar-refractivity contribution in [1.29, 1.82) is 0 Å². The highest BCUT2D eigenvalue weighted by Crippen LogP contribution is 2.43. The Hall–Kier alpha value is -2.52. The first-order valence-corrected chi connectivity index (χ1v) is 9.60. The lowest BCUT2D eigenvalue weighted by atomic mass is 9.86. The number of hydrogen-bond acceptors (Lipinski definition) is 3. The molecule has 0 radical (unpaired) electrons. The molecule has 0 bridgehead atoms. The van der Waals surface area contributed by atoms with E-state index in [4.69, 9.17) is 0 Å². The number of hydrogen-bond donors (Lipinski definition) is 0. The molecule has 0 amide bonds. The highest BCUT2D eigenvalue weighted by molar-refractivity contribution is 7.25. The van der Waals surface area contributed by atoms with Crippen LogP contribution in [0.1, 0.15) is 32.0 Å². The third-order valence-corrected chi connectivity index (χ3v) is 5.78. The Morgan fingerprint density at radius 1 is 1.15 bits per heavy atom. The molecule has 4 rings (SSSR count). The van der Waals surface area contributed by atoms with E-state index in [1.807, 2.05) is 0 Å². The molecule has 0 saturated carbocycles. The third-order valence-electron chi connectivity index (χ3n) is 4.61. The van der Waals surface area contributed by atoms with Crippen LogP contribution in [0.3, 0.4) is 0 Å². The standard InChI is InChI=1S/C23H22N2S/c1-6-14(2)20-19-18-17-10-8-7-9-15(17)11-16(12-23(3,4)5)21(18)26-22(19)25-13-24-20/h6-11,13H,1-2,12H2,3-5H3. The molecule has 2 aromatic heterocycles. The molecule has 0 aliphatic carbocycles. The number of benzene rings is 2. The fourth-order valence-corrected chi connectivity index (χ4v) is 4.73. The molecule has 0 unspecified atom stereocenters.